The van der Waals surface area contributed by atoms with Crippen LogP contribution in [0.4, 0.5) is 0 Å². The lowest BCUT2D eigenvalue weighted by Gasteiger charge is -2.02. The van der Waals surface area contributed by atoms with Gasteiger partial charge in [0.2, 0.25) is 0 Å². The molecule has 12 heavy (non-hydrogen) atoms. The molecule has 0 spiro atoms. The van der Waals surface area contributed by atoms with Crippen molar-refractivity contribution in [3.8, 4) is 5.88 Å². The Hall–Kier alpha value is -1.84. The van der Waals surface area contributed by atoms with E-state index in [2.05, 4.69) is 4.98 Å². The lowest BCUT2D eigenvalue weighted by molar-refractivity contribution is -0.580. The summed E-state index contributed by atoms with van der Waals surface area (Å²) in [5.74, 6) is -0.113. The molecule has 0 aliphatic carbocycles. The van der Waals surface area contributed by atoms with Gasteiger partial charge in [0, 0.05) is 0 Å². The van der Waals surface area contributed by atoms with Crippen molar-refractivity contribution in [3.63, 3.8) is 0 Å². The molecule has 4 heteroatoms. The van der Waals surface area contributed by atoms with E-state index in [1.807, 2.05) is 0 Å². The number of fused-ring (bicyclic) bond motifs is 1. The molecule has 60 valence electrons. The molecule has 0 aliphatic rings. The highest BCUT2D eigenvalue weighted by Crippen LogP contribution is 2.16. The van der Waals surface area contributed by atoms with Crippen LogP contribution in [-0.4, -0.2) is 10.1 Å². The highest BCUT2D eigenvalue weighted by Gasteiger charge is 2.07. The zero-order chi connectivity index (χ0) is 8.55. The van der Waals surface area contributed by atoms with Crippen molar-refractivity contribution >= 4 is 10.9 Å². The van der Waals surface area contributed by atoms with Crippen molar-refractivity contribution in [2.75, 3.05) is 0 Å². The Morgan fingerprint density at radius 2 is 2.08 bits per heavy atom. The third-order valence-corrected chi connectivity index (χ3v) is 1.67. The van der Waals surface area contributed by atoms with E-state index >= 15 is 0 Å². The molecule has 0 atom stereocenters. The van der Waals surface area contributed by atoms with E-state index in [1.54, 1.807) is 24.3 Å². The van der Waals surface area contributed by atoms with Gasteiger partial charge in [-0.05, 0) is 17.1 Å². The second-order valence-corrected chi connectivity index (χ2v) is 2.41. The molecule has 0 saturated heterocycles. The first kappa shape index (κ1) is 6.84. The normalized spacial score (nSPS) is 10.3. The molecule has 0 saturated carbocycles. The molecule has 0 amide bonds. The molecule has 0 bridgehead atoms. The second-order valence-electron chi connectivity index (χ2n) is 2.41. The fourth-order valence-electron chi connectivity index (χ4n) is 1.09. The zero-order valence-corrected chi connectivity index (χ0v) is 6.14. The topological polar surface area (TPSA) is 60.1 Å². The van der Waals surface area contributed by atoms with Crippen LogP contribution in [0.2, 0.25) is 0 Å². The quantitative estimate of drug-likeness (QED) is 0.455. The molecule has 0 radical (unpaired) electrons. The third-order valence-electron chi connectivity index (χ3n) is 1.67. The zero-order valence-electron chi connectivity index (χ0n) is 6.14. The van der Waals surface area contributed by atoms with Crippen LogP contribution in [0, 0.1) is 5.21 Å². The Balaban J connectivity index is 2.95. The molecule has 2 aromatic rings. The van der Waals surface area contributed by atoms with Crippen LogP contribution in [0.1, 0.15) is 0 Å². The predicted molar refractivity (Wildman–Crippen MR) is 42.4 cm³/mol. The largest absolute Gasteiger partial charge is 0.710 e. The minimum atomic E-state index is -0.113. The molecule has 1 aromatic heterocycles. The van der Waals surface area contributed by atoms with Crippen LogP contribution in [0.25, 0.3) is 10.9 Å². The van der Waals surface area contributed by atoms with Crippen molar-refractivity contribution < 1.29 is 9.84 Å². The maximum absolute atomic E-state index is 11.1. The smallest absolute Gasteiger partial charge is 0.337 e. The van der Waals surface area contributed by atoms with E-state index in [4.69, 9.17) is 0 Å². The van der Waals surface area contributed by atoms with E-state index < -0.39 is 0 Å². The Kier molecular flexibility index (Phi) is 1.33. The van der Waals surface area contributed by atoms with Crippen molar-refractivity contribution in [3.05, 3.63) is 35.8 Å². The van der Waals surface area contributed by atoms with Gasteiger partial charge in [-0.25, -0.2) is 4.73 Å². The van der Waals surface area contributed by atoms with E-state index in [9.17, 15) is 10.3 Å². The van der Waals surface area contributed by atoms with Crippen LogP contribution in [0.5, 0.6) is 5.88 Å². The van der Waals surface area contributed by atoms with Gasteiger partial charge < -0.3 is 10.3 Å². The number of rotatable bonds is 0. The monoisotopic (exact) mass is 162 g/mol. The van der Waals surface area contributed by atoms with Gasteiger partial charge in [-0.1, -0.05) is 12.1 Å². The first-order chi connectivity index (χ1) is 5.79. The van der Waals surface area contributed by atoms with Crippen LogP contribution < -0.4 is 4.73 Å². The van der Waals surface area contributed by atoms with Crippen molar-refractivity contribution in [2.45, 2.75) is 0 Å². The van der Waals surface area contributed by atoms with Crippen LogP contribution in [-0.2, 0) is 0 Å². The molecule has 0 unspecified atom stereocenters. The van der Waals surface area contributed by atoms with Gasteiger partial charge >= 0.3 is 5.88 Å². The van der Waals surface area contributed by atoms with Gasteiger partial charge in [-0.15, -0.1) is 0 Å². The summed E-state index contributed by atoms with van der Waals surface area (Å²) in [6.07, 6.45) is 1.04. The Labute approximate surface area is 68.3 Å². The van der Waals surface area contributed by atoms with Gasteiger partial charge in [0.15, 0.2) is 0 Å². The molecule has 0 fully saturated rings. The molecule has 1 heterocycles. The van der Waals surface area contributed by atoms with Crippen molar-refractivity contribution in [1.82, 2.24) is 4.98 Å². The summed E-state index contributed by atoms with van der Waals surface area (Å²) < 4.78 is 0.620. The maximum atomic E-state index is 11.1. The first-order valence-corrected chi connectivity index (χ1v) is 3.45. The van der Waals surface area contributed by atoms with E-state index in [1.165, 1.54) is 0 Å². The number of nitrogens with zero attached hydrogens (tertiary/aromatic N) is 2. The number of aromatic nitrogens is 2. The average Bonchev–Trinajstić information content (AvgIpc) is 2.12. The molecular formula is C8H6N2O2. The Morgan fingerprint density at radius 3 is 2.83 bits per heavy atom. The second kappa shape index (κ2) is 2.34. The fourth-order valence-corrected chi connectivity index (χ4v) is 1.09. The summed E-state index contributed by atoms with van der Waals surface area (Å²) in [7, 11) is 0. The summed E-state index contributed by atoms with van der Waals surface area (Å²) >= 11 is 0. The summed E-state index contributed by atoms with van der Waals surface area (Å²) in [6.45, 7) is 0. The Bertz CT molecular complexity index is 388. The highest BCUT2D eigenvalue weighted by molar-refractivity contribution is 5.80. The lowest BCUT2D eigenvalue weighted by atomic mass is 10.2. The summed E-state index contributed by atoms with van der Waals surface area (Å²) in [5, 5.41) is 20.8. The molecule has 1 N–H and O–H groups in total. The third kappa shape index (κ3) is 0.852. The SMILES string of the molecule is [O-][n+]1cnc(O)c2ccccc21. The van der Waals surface area contributed by atoms with Crippen LogP contribution in [0.3, 0.4) is 0 Å². The van der Waals surface area contributed by atoms with Gasteiger partial charge in [0.25, 0.3) is 6.33 Å². The first-order valence-electron chi connectivity index (χ1n) is 3.45. The minimum Gasteiger partial charge on any atom is -0.710 e. The number of hydrogen-bond donors (Lipinski definition) is 1. The maximum Gasteiger partial charge on any atom is 0.337 e. The minimum absolute atomic E-state index is 0.113. The van der Waals surface area contributed by atoms with E-state index in [0.29, 0.717) is 15.6 Å². The molecule has 1 aromatic carbocycles. The molecule has 0 aliphatic heterocycles. The standard InChI is InChI=1S/C8H6N2O2/c11-8-6-3-1-2-4-7(6)10(12)5-9-8/h1-5H,(H,9,11). The van der Waals surface area contributed by atoms with Gasteiger partial charge in [-0.3, -0.25) is 0 Å². The number of aromatic hydroxyl groups is 1. The van der Waals surface area contributed by atoms with Gasteiger partial charge in [-0.2, -0.15) is 0 Å². The number of benzene rings is 1. The fraction of sp³-hybridized carbons (Fsp3) is 0. The summed E-state index contributed by atoms with van der Waals surface area (Å²) in [6, 6.07) is 6.75. The molecular weight excluding hydrogens is 156 g/mol. The van der Waals surface area contributed by atoms with Crippen LogP contribution >= 0.6 is 0 Å². The number of para-hydroxylation sites is 1. The van der Waals surface area contributed by atoms with E-state index in [0.717, 1.165) is 6.33 Å². The van der Waals surface area contributed by atoms with Crippen molar-refractivity contribution in [2.24, 2.45) is 0 Å². The Morgan fingerprint density at radius 1 is 1.33 bits per heavy atom. The number of hydrogen-bond acceptors (Lipinski definition) is 3. The van der Waals surface area contributed by atoms with Crippen molar-refractivity contribution in [1.29, 1.82) is 0 Å². The summed E-state index contributed by atoms with van der Waals surface area (Å²) in [4.78, 5) is 3.51. The lowest BCUT2D eigenvalue weighted by Crippen LogP contribution is -2.26. The molecule has 4 nitrogen and oxygen atoms in total. The van der Waals surface area contributed by atoms with Gasteiger partial charge in [0.1, 0.15) is 10.9 Å². The van der Waals surface area contributed by atoms with Crippen LogP contribution in [0.15, 0.2) is 30.6 Å². The predicted octanol–water partition coefficient (Wildman–Crippen LogP) is 0.574. The highest BCUT2D eigenvalue weighted by atomic mass is 16.5. The average molecular weight is 162 g/mol. The molecule has 2 rings (SSSR count). The van der Waals surface area contributed by atoms with E-state index in [-0.39, 0.29) is 5.88 Å². The van der Waals surface area contributed by atoms with Gasteiger partial charge in [0.05, 0.1) is 0 Å². The summed E-state index contributed by atoms with van der Waals surface area (Å²) in [5.41, 5.74) is 0.421.